The number of alkyl halides is 3. The molecule has 0 radical (unpaired) electrons. The van der Waals surface area contributed by atoms with Crippen molar-refractivity contribution in [1.29, 1.82) is 0 Å². The zero-order valence-electron chi connectivity index (χ0n) is 16.5. The molecule has 1 heterocycles. The summed E-state index contributed by atoms with van der Waals surface area (Å²) in [6, 6.07) is 9.95. The molecule has 2 aromatic carbocycles. The minimum Gasteiger partial charge on any atom is -0.398 e. The lowest BCUT2D eigenvalue weighted by Gasteiger charge is -2.34. The molecule has 3 rings (SSSR count). The highest BCUT2D eigenvalue weighted by Gasteiger charge is 2.31. The summed E-state index contributed by atoms with van der Waals surface area (Å²) in [6.45, 7) is 9.68. The van der Waals surface area contributed by atoms with E-state index in [-0.39, 0.29) is 5.92 Å². The SMILES string of the molecule is CC.Cc1cc(N2CCC(c3cccc(C(F)(F)F)c3)CC2)cc(C)c1N. The number of nitrogen functional groups attached to an aromatic ring is 1. The molecule has 1 aliphatic heterocycles. The molecule has 2 aromatic rings. The zero-order chi connectivity index (χ0) is 20.2. The molecule has 148 valence electrons. The van der Waals surface area contributed by atoms with E-state index < -0.39 is 11.7 Å². The molecule has 0 bridgehead atoms. The van der Waals surface area contributed by atoms with Crippen LogP contribution in [-0.4, -0.2) is 13.1 Å². The van der Waals surface area contributed by atoms with Crippen molar-refractivity contribution >= 4 is 11.4 Å². The standard InChI is InChI=1S/C20H23F3N2.C2H6/c1-13-10-18(11-14(2)19(13)24)25-8-6-15(7-9-25)16-4-3-5-17(12-16)20(21,22)23;1-2/h3-5,10-12,15H,6-9,24H2,1-2H3;1-2H3. The highest BCUT2D eigenvalue weighted by atomic mass is 19.4. The molecular weight excluding hydrogens is 349 g/mol. The van der Waals surface area contributed by atoms with Gasteiger partial charge in [-0.2, -0.15) is 13.2 Å². The third kappa shape index (κ3) is 4.96. The summed E-state index contributed by atoms with van der Waals surface area (Å²) in [5, 5.41) is 0. The summed E-state index contributed by atoms with van der Waals surface area (Å²) in [7, 11) is 0. The molecule has 0 spiro atoms. The molecule has 1 fully saturated rings. The Balaban J connectivity index is 0.00000126. The fourth-order valence-corrected chi connectivity index (χ4v) is 3.57. The van der Waals surface area contributed by atoms with Gasteiger partial charge in [-0.05, 0) is 67.5 Å². The van der Waals surface area contributed by atoms with Gasteiger partial charge >= 0.3 is 6.18 Å². The first-order chi connectivity index (χ1) is 12.8. The normalized spacial score (nSPS) is 15.3. The van der Waals surface area contributed by atoms with E-state index in [9.17, 15) is 13.2 Å². The van der Waals surface area contributed by atoms with Crippen LogP contribution in [0.15, 0.2) is 36.4 Å². The van der Waals surface area contributed by atoms with Crippen molar-refractivity contribution in [2.24, 2.45) is 0 Å². The summed E-state index contributed by atoms with van der Waals surface area (Å²) in [5.74, 6) is 0.175. The van der Waals surface area contributed by atoms with Crippen LogP contribution in [0.5, 0.6) is 0 Å². The van der Waals surface area contributed by atoms with E-state index >= 15 is 0 Å². The minimum atomic E-state index is -4.28. The maximum Gasteiger partial charge on any atom is 0.416 e. The van der Waals surface area contributed by atoms with Crippen LogP contribution in [0, 0.1) is 13.8 Å². The number of benzene rings is 2. The van der Waals surface area contributed by atoms with Crippen molar-refractivity contribution in [3.8, 4) is 0 Å². The predicted octanol–water partition coefficient (Wildman–Crippen LogP) is 6.31. The van der Waals surface area contributed by atoms with Gasteiger partial charge in [0.05, 0.1) is 5.56 Å². The average Bonchev–Trinajstić information content (AvgIpc) is 2.67. The molecule has 0 unspecified atom stereocenters. The van der Waals surface area contributed by atoms with Gasteiger partial charge in [-0.15, -0.1) is 0 Å². The average molecular weight is 378 g/mol. The van der Waals surface area contributed by atoms with Crippen LogP contribution in [0.1, 0.15) is 54.9 Å². The Morgan fingerprint density at radius 3 is 2.04 bits per heavy atom. The molecular formula is C22H29F3N2. The maximum atomic E-state index is 12.9. The Hall–Kier alpha value is -2.17. The second-order valence-electron chi connectivity index (χ2n) is 6.88. The van der Waals surface area contributed by atoms with Crippen LogP contribution in [0.2, 0.25) is 0 Å². The first kappa shape index (κ1) is 21.1. The molecule has 1 saturated heterocycles. The molecule has 0 atom stereocenters. The molecule has 0 aromatic heterocycles. The molecule has 2 N–H and O–H groups in total. The Morgan fingerprint density at radius 2 is 1.52 bits per heavy atom. The van der Waals surface area contributed by atoms with Crippen molar-refractivity contribution < 1.29 is 13.2 Å². The number of halogens is 3. The van der Waals surface area contributed by atoms with E-state index in [2.05, 4.69) is 17.0 Å². The van der Waals surface area contributed by atoms with Crippen LogP contribution < -0.4 is 10.6 Å². The summed E-state index contributed by atoms with van der Waals surface area (Å²) in [4.78, 5) is 2.30. The van der Waals surface area contributed by atoms with Crippen molar-refractivity contribution in [3.63, 3.8) is 0 Å². The number of rotatable bonds is 2. The van der Waals surface area contributed by atoms with Gasteiger partial charge < -0.3 is 10.6 Å². The van der Waals surface area contributed by atoms with Crippen LogP contribution in [0.3, 0.4) is 0 Å². The monoisotopic (exact) mass is 378 g/mol. The van der Waals surface area contributed by atoms with Crippen molar-refractivity contribution in [2.45, 2.75) is 52.6 Å². The number of nitrogens with two attached hydrogens (primary N) is 1. The molecule has 0 amide bonds. The molecule has 0 aliphatic carbocycles. The number of hydrogen-bond donors (Lipinski definition) is 1. The van der Waals surface area contributed by atoms with Gasteiger partial charge in [0.2, 0.25) is 0 Å². The number of hydrogen-bond acceptors (Lipinski definition) is 2. The lowest BCUT2D eigenvalue weighted by molar-refractivity contribution is -0.137. The van der Waals surface area contributed by atoms with Crippen molar-refractivity contribution in [1.82, 2.24) is 0 Å². The summed E-state index contributed by atoms with van der Waals surface area (Å²) in [5.41, 5.74) is 10.3. The first-order valence-electron chi connectivity index (χ1n) is 9.54. The van der Waals surface area contributed by atoms with Gasteiger partial charge in [-0.25, -0.2) is 0 Å². The largest absolute Gasteiger partial charge is 0.416 e. The highest BCUT2D eigenvalue weighted by molar-refractivity contribution is 5.63. The Labute approximate surface area is 160 Å². The smallest absolute Gasteiger partial charge is 0.398 e. The first-order valence-corrected chi connectivity index (χ1v) is 9.54. The van der Waals surface area contributed by atoms with Crippen LogP contribution in [-0.2, 0) is 6.18 Å². The molecule has 0 saturated carbocycles. The van der Waals surface area contributed by atoms with Crippen molar-refractivity contribution in [2.75, 3.05) is 23.7 Å². The van der Waals surface area contributed by atoms with E-state index in [0.717, 1.165) is 60.1 Å². The second kappa shape index (κ2) is 8.68. The zero-order valence-corrected chi connectivity index (χ0v) is 16.5. The fraction of sp³-hybridized carbons (Fsp3) is 0.455. The Kier molecular flexibility index (Phi) is 6.79. The van der Waals surface area contributed by atoms with Gasteiger partial charge in [0, 0.05) is 24.5 Å². The van der Waals surface area contributed by atoms with Gasteiger partial charge in [0.25, 0.3) is 0 Å². The summed E-state index contributed by atoms with van der Waals surface area (Å²) in [6.07, 6.45) is -2.58. The van der Waals surface area contributed by atoms with E-state index in [0.29, 0.717) is 0 Å². The Morgan fingerprint density at radius 1 is 0.963 bits per heavy atom. The van der Waals surface area contributed by atoms with Crippen LogP contribution in [0.4, 0.5) is 24.5 Å². The number of aryl methyl sites for hydroxylation is 2. The summed E-state index contributed by atoms with van der Waals surface area (Å²) >= 11 is 0. The fourth-order valence-electron chi connectivity index (χ4n) is 3.57. The van der Waals surface area contributed by atoms with Gasteiger partial charge in [-0.1, -0.05) is 32.0 Å². The number of anilines is 2. The van der Waals surface area contributed by atoms with Gasteiger partial charge in [0.1, 0.15) is 0 Å². The third-order valence-corrected chi connectivity index (χ3v) is 5.12. The maximum absolute atomic E-state index is 12.9. The second-order valence-corrected chi connectivity index (χ2v) is 6.88. The van der Waals surface area contributed by atoms with Crippen LogP contribution in [0.25, 0.3) is 0 Å². The van der Waals surface area contributed by atoms with E-state index in [1.165, 1.54) is 12.1 Å². The lowest BCUT2D eigenvalue weighted by atomic mass is 9.88. The molecule has 1 aliphatic rings. The Bertz CT molecular complexity index is 737. The predicted molar refractivity (Wildman–Crippen MR) is 107 cm³/mol. The van der Waals surface area contributed by atoms with Gasteiger partial charge in [0.15, 0.2) is 0 Å². The van der Waals surface area contributed by atoms with E-state index in [1.54, 1.807) is 0 Å². The van der Waals surface area contributed by atoms with Crippen LogP contribution >= 0.6 is 0 Å². The van der Waals surface area contributed by atoms with Crippen molar-refractivity contribution in [3.05, 3.63) is 58.7 Å². The topological polar surface area (TPSA) is 29.3 Å². The molecule has 27 heavy (non-hydrogen) atoms. The summed E-state index contributed by atoms with van der Waals surface area (Å²) < 4.78 is 38.7. The number of nitrogens with zero attached hydrogens (tertiary/aromatic N) is 1. The number of piperidine rings is 1. The van der Waals surface area contributed by atoms with E-state index in [4.69, 9.17) is 5.73 Å². The molecule has 2 nitrogen and oxygen atoms in total. The minimum absolute atomic E-state index is 0.175. The van der Waals surface area contributed by atoms with E-state index in [1.807, 2.05) is 33.8 Å². The third-order valence-electron chi connectivity index (χ3n) is 5.12. The highest BCUT2D eigenvalue weighted by Crippen LogP contribution is 2.35. The lowest BCUT2D eigenvalue weighted by Crippen LogP contribution is -2.33. The quantitative estimate of drug-likeness (QED) is 0.620. The molecule has 5 heteroatoms. The van der Waals surface area contributed by atoms with Gasteiger partial charge in [-0.3, -0.25) is 0 Å².